The highest BCUT2D eigenvalue weighted by Crippen LogP contribution is 2.28. The molecule has 2 unspecified atom stereocenters. The monoisotopic (exact) mass is 522 g/mol. The molecular formula is C35H38O4. The van der Waals surface area contributed by atoms with Gasteiger partial charge in [0.1, 0.15) is 12.2 Å². The van der Waals surface area contributed by atoms with Gasteiger partial charge in [0.2, 0.25) is 0 Å². The molecule has 4 nitrogen and oxygen atoms in total. The molecule has 4 heteroatoms. The molecule has 0 aromatic heterocycles. The summed E-state index contributed by atoms with van der Waals surface area (Å²) < 4.78 is 5.99. The Bertz CT molecular complexity index is 1300. The van der Waals surface area contributed by atoms with Crippen molar-refractivity contribution in [3.05, 3.63) is 143 Å². The Balaban J connectivity index is 0.000000230. The number of rotatable bonds is 10. The first kappa shape index (κ1) is 29.7. The summed E-state index contributed by atoms with van der Waals surface area (Å²) in [6.07, 6.45) is -1.62. The Morgan fingerprint density at radius 1 is 0.641 bits per heavy atom. The van der Waals surface area contributed by atoms with E-state index in [1.807, 2.05) is 66.7 Å². The van der Waals surface area contributed by atoms with E-state index in [9.17, 15) is 14.7 Å². The Hall–Kier alpha value is -3.86. The fourth-order valence-electron chi connectivity index (χ4n) is 4.15. The third-order valence-corrected chi connectivity index (χ3v) is 6.21. The maximum absolute atomic E-state index is 13.2. The molecule has 0 fully saturated rings. The Kier molecular flexibility index (Phi) is 11.4. The maximum Gasteiger partial charge on any atom is 0.196 e. The van der Waals surface area contributed by atoms with Crippen molar-refractivity contribution in [1.82, 2.24) is 0 Å². The number of ether oxygens (including phenoxy) is 1. The van der Waals surface area contributed by atoms with Crippen LogP contribution in [0.4, 0.5) is 0 Å². The third-order valence-electron chi connectivity index (χ3n) is 6.21. The van der Waals surface area contributed by atoms with Gasteiger partial charge in [-0.1, -0.05) is 143 Å². The number of carbonyl (C=O) groups is 2. The second-order valence-corrected chi connectivity index (χ2v) is 10.2. The zero-order valence-electron chi connectivity index (χ0n) is 23.2. The number of hydrogen-bond acceptors (Lipinski definition) is 4. The zero-order valence-corrected chi connectivity index (χ0v) is 23.2. The van der Waals surface area contributed by atoms with Gasteiger partial charge < -0.3 is 9.84 Å². The molecule has 202 valence electrons. The first-order valence-electron chi connectivity index (χ1n) is 13.4. The molecule has 0 amide bonds. The van der Waals surface area contributed by atoms with Crippen LogP contribution in [0, 0.1) is 5.92 Å². The highest BCUT2D eigenvalue weighted by Gasteiger charge is 2.25. The van der Waals surface area contributed by atoms with Gasteiger partial charge >= 0.3 is 0 Å². The van der Waals surface area contributed by atoms with E-state index < -0.39 is 12.2 Å². The van der Waals surface area contributed by atoms with Crippen LogP contribution in [0.3, 0.4) is 0 Å². The number of benzene rings is 4. The summed E-state index contributed by atoms with van der Waals surface area (Å²) >= 11 is 0. The molecule has 0 heterocycles. The van der Waals surface area contributed by atoms with Crippen LogP contribution in [0.2, 0.25) is 0 Å². The van der Waals surface area contributed by atoms with Crippen molar-refractivity contribution in [2.24, 2.45) is 5.92 Å². The minimum Gasteiger partial charge on any atom is -0.380 e. The number of ketones is 2. The molecule has 1 N–H and O–H groups in total. The summed E-state index contributed by atoms with van der Waals surface area (Å²) in [4.78, 5) is 25.1. The molecule has 0 bridgehead atoms. The van der Waals surface area contributed by atoms with E-state index in [0.717, 1.165) is 16.7 Å². The molecule has 4 aromatic carbocycles. The highest BCUT2D eigenvalue weighted by molar-refractivity contribution is 6.01. The largest absolute Gasteiger partial charge is 0.380 e. The molecule has 4 rings (SSSR count). The zero-order chi connectivity index (χ0) is 28.2. The van der Waals surface area contributed by atoms with Gasteiger partial charge in [-0.3, -0.25) is 9.59 Å². The molecule has 0 saturated carbocycles. The Morgan fingerprint density at radius 2 is 1.13 bits per heavy atom. The SMILES string of the molecule is CC(C)COC(C(=O)c1ccccc1C(C)C)c1ccccc1.O=C(c1ccccc1)C(O)c1ccccc1. The third kappa shape index (κ3) is 8.57. The number of aliphatic hydroxyl groups excluding tert-OH is 1. The van der Waals surface area contributed by atoms with Crippen LogP contribution in [0.25, 0.3) is 0 Å². The highest BCUT2D eigenvalue weighted by atomic mass is 16.5. The van der Waals surface area contributed by atoms with Crippen LogP contribution in [0.5, 0.6) is 0 Å². The molecule has 2 atom stereocenters. The maximum atomic E-state index is 13.2. The smallest absolute Gasteiger partial charge is 0.196 e. The van der Waals surface area contributed by atoms with Crippen LogP contribution < -0.4 is 0 Å². The molecular weight excluding hydrogens is 484 g/mol. The topological polar surface area (TPSA) is 63.6 Å². The second kappa shape index (κ2) is 14.9. The molecule has 0 radical (unpaired) electrons. The summed E-state index contributed by atoms with van der Waals surface area (Å²) in [5, 5.41) is 9.89. The van der Waals surface area contributed by atoms with E-state index in [-0.39, 0.29) is 11.6 Å². The molecule has 0 saturated heterocycles. The molecule has 0 spiro atoms. The fourth-order valence-corrected chi connectivity index (χ4v) is 4.15. The normalized spacial score (nSPS) is 12.4. The summed E-state index contributed by atoms with van der Waals surface area (Å²) in [6, 6.07) is 35.4. The van der Waals surface area contributed by atoms with Crippen LogP contribution in [0.1, 0.15) is 83.2 Å². The lowest BCUT2D eigenvalue weighted by Gasteiger charge is -2.21. The van der Waals surface area contributed by atoms with Gasteiger partial charge in [0.05, 0.1) is 6.61 Å². The molecule has 39 heavy (non-hydrogen) atoms. The lowest BCUT2D eigenvalue weighted by molar-refractivity contribution is 0.0307. The van der Waals surface area contributed by atoms with Crippen molar-refractivity contribution in [2.75, 3.05) is 6.61 Å². The number of Topliss-reactive ketones (excluding diaryl/α,β-unsaturated/α-hetero) is 2. The van der Waals surface area contributed by atoms with Crippen molar-refractivity contribution in [2.45, 2.75) is 45.8 Å². The van der Waals surface area contributed by atoms with Gasteiger partial charge in [0.25, 0.3) is 0 Å². The van der Waals surface area contributed by atoms with Gasteiger partial charge in [0.15, 0.2) is 11.6 Å². The second-order valence-electron chi connectivity index (χ2n) is 10.2. The summed E-state index contributed by atoms with van der Waals surface area (Å²) in [5.74, 6) is 0.457. The Morgan fingerprint density at radius 3 is 1.67 bits per heavy atom. The molecule has 4 aromatic rings. The average molecular weight is 523 g/mol. The number of hydrogen-bond donors (Lipinski definition) is 1. The minimum absolute atomic E-state index is 0.0427. The quantitative estimate of drug-likeness (QED) is 0.214. The first-order valence-corrected chi connectivity index (χ1v) is 13.4. The van der Waals surface area contributed by atoms with Gasteiger partial charge in [-0.15, -0.1) is 0 Å². The van der Waals surface area contributed by atoms with Crippen molar-refractivity contribution >= 4 is 11.6 Å². The lowest BCUT2D eigenvalue weighted by atomic mass is 9.91. The van der Waals surface area contributed by atoms with Crippen LogP contribution in [-0.4, -0.2) is 23.3 Å². The van der Waals surface area contributed by atoms with Crippen molar-refractivity contribution in [3.63, 3.8) is 0 Å². The predicted octanol–water partition coefficient (Wildman–Crippen LogP) is 8.01. The van der Waals surface area contributed by atoms with Gasteiger partial charge in [-0.05, 0) is 28.5 Å². The van der Waals surface area contributed by atoms with E-state index in [2.05, 4.69) is 27.7 Å². The average Bonchev–Trinajstić information content (AvgIpc) is 2.98. The lowest BCUT2D eigenvalue weighted by Crippen LogP contribution is -2.20. The van der Waals surface area contributed by atoms with Crippen molar-refractivity contribution in [3.8, 4) is 0 Å². The summed E-state index contributed by atoms with van der Waals surface area (Å²) in [7, 11) is 0. The van der Waals surface area contributed by atoms with E-state index >= 15 is 0 Å². The van der Waals surface area contributed by atoms with E-state index in [1.54, 1.807) is 48.5 Å². The molecule has 0 aliphatic rings. The van der Waals surface area contributed by atoms with Crippen molar-refractivity contribution < 1.29 is 19.4 Å². The summed E-state index contributed by atoms with van der Waals surface area (Å²) in [6.45, 7) is 8.97. The summed E-state index contributed by atoms with van der Waals surface area (Å²) in [5.41, 5.74) is 3.90. The number of carbonyl (C=O) groups excluding carboxylic acids is 2. The van der Waals surface area contributed by atoms with Crippen molar-refractivity contribution in [1.29, 1.82) is 0 Å². The number of aliphatic hydroxyl groups is 1. The molecule has 0 aliphatic carbocycles. The predicted molar refractivity (Wildman–Crippen MR) is 157 cm³/mol. The minimum atomic E-state index is -1.08. The van der Waals surface area contributed by atoms with Gasteiger partial charge in [-0.25, -0.2) is 0 Å². The van der Waals surface area contributed by atoms with E-state index in [1.165, 1.54) is 0 Å². The van der Waals surface area contributed by atoms with Crippen LogP contribution >= 0.6 is 0 Å². The fraction of sp³-hybridized carbons (Fsp3) is 0.257. The van der Waals surface area contributed by atoms with Gasteiger partial charge in [0, 0.05) is 11.1 Å². The van der Waals surface area contributed by atoms with E-state index in [0.29, 0.717) is 29.6 Å². The van der Waals surface area contributed by atoms with Gasteiger partial charge in [-0.2, -0.15) is 0 Å². The molecule has 0 aliphatic heterocycles. The Labute approximate surface area is 232 Å². The van der Waals surface area contributed by atoms with Crippen LogP contribution in [0.15, 0.2) is 115 Å². The van der Waals surface area contributed by atoms with E-state index in [4.69, 9.17) is 4.74 Å². The van der Waals surface area contributed by atoms with Crippen LogP contribution in [-0.2, 0) is 4.74 Å². The first-order chi connectivity index (χ1) is 18.8. The standard InChI is InChI=1S/C21H26O2.C14H12O2/c1-15(2)14-23-21(17-10-6-5-7-11-17)20(22)19-13-9-8-12-18(19)16(3)4;15-13(11-7-3-1-4-8-11)14(16)12-9-5-2-6-10-12/h5-13,15-16,21H,14H2,1-4H3;1-10,13,15H.